The summed E-state index contributed by atoms with van der Waals surface area (Å²) in [7, 11) is 0. The molecule has 1 amide bonds. The maximum absolute atomic E-state index is 11.1. The molecule has 0 aliphatic carbocycles. The topological polar surface area (TPSA) is 56.2 Å². The highest BCUT2D eigenvalue weighted by atomic mass is 16.5. The molecule has 0 fully saturated rings. The van der Waals surface area contributed by atoms with E-state index >= 15 is 0 Å². The third-order valence-corrected chi connectivity index (χ3v) is 5.26. The minimum absolute atomic E-state index is 0.0116. The number of para-hydroxylation sites is 2. The standard InChI is InChI=1S/C25H33N3O2/c1-18(2)21-13-12-19(3)17-24(21)30-16-8-15-28-23-10-6-5-9-22(23)27-25(28)11-7-14-26-20(4)29/h5-6,9-10,12-13,17-18H,7-8,11,14-16H2,1-4H3,(H,26,29). The number of fused-ring (bicyclic) bond motifs is 1. The summed E-state index contributed by atoms with van der Waals surface area (Å²) in [6, 6.07) is 14.7. The molecule has 0 bridgehead atoms. The first-order chi connectivity index (χ1) is 14.5. The van der Waals surface area contributed by atoms with Gasteiger partial charge in [-0.05, 0) is 55.0 Å². The van der Waals surface area contributed by atoms with Gasteiger partial charge in [0.2, 0.25) is 5.91 Å². The highest BCUT2D eigenvalue weighted by molar-refractivity contribution is 5.76. The lowest BCUT2D eigenvalue weighted by Crippen LogP contribution is -2.21. The van der Waals surface area contributed by atoms with Crippen LogP contribution in [0.2, 0.25) is 0 Å². The van der Waals surface area contributed by atoms with Crippen LogP contribution in [-0.2, 0) is 17.8 Å². The summed E-state index contributed by atoms with van der Waals surface area (Å²) in [6.45, 7) is 10.2. The van der Waals surface area contributed by atoms with Crippen LogP contribution in [0, 0.1) is 6.92 Å². The summed E-state index contributed by atoms with van der Waals surface area (Å²) in [6.07, 6.45) is 2.62. The van der Waals surface area contributed by atoms with Crippen LogP contribution in [-0.4, -0.2) is 28.6 Å². The van der Waals surface area contributed by atoms with E-state index in [-0.39, 0.29) is 5.91 Å². The quantitative estimate of drug-likeness (QED) is 0.481. The molecule has 0 saturated carbocycles. The largest absolute Gasteiger partial charge is 0.493 e. The first-order valence-corrected chi connectivity index (χ1v) is 10.9. The molecule has 2 aromatic carbocycles. The number of hydrogen-bond donors (Lipinski definition) is 1. The summed E-state index contributed by atoms with van der Waals surface area (Å²) < 4.78 is 8.47. The van der Waals surface area contributed by atoms with E-state index < -0.39 is 0 Å². The molecule has 0 radical (unpaired) electrons. The molecule has 0 spiro atoms. The zero-order valence-electron chi connectivity index (χ0n) is 18.6. The van der Waals surface area contributed by atoms with Gasteiger partial charge < -0.3 is 14.6 Å². The predicted molar refractivity (Wildman–Crippen MR) is 122 cm³/mol. The van der Waals surface area contributed by atoms with E-state index in [0.717, 1.165) is 48.4 Å². The Morgan fingerprint density at radius 3 is 2.73 bits per heavy atom. The molecule has 0 atom stereocenters. The molecule has 0 aliphatic rings. The number of rotatable bonds is 10. The van der Waals surface area contributed by atoms with Crippen molar-refractivity contribution < 1.29 is 9.53 Å². The Balaban J connectivity index is 1.65. The number of amides is 1. The van der Waals surface area contributed by atoms with Crippen LogP contribution in [0.25, 0.3) is 11.0 Å². The van der Waals surface area contributed by atoms with Gasteiger partial charge in [0.25, 0.3) is 0 Å². The normalized spacial score (nSPS) is 11.2. The number of aryl methyl sites for hydroxylation is 3. The van der Waals surface area contributed by atoms with E-state index in [1.165, 1.54) is 11.1 Å². The predicted octanol–water partition coefficient (Wildman–Crippen LogP) is 5.01. The van der Waals surface area contributed by atoms with Gasteiger partial charge in [-0.15, -0.1) is 0 Å². The first-order valence-electron chi connectivity index (χ1n) is 10.9. The molecule has 0 saturated heterocycles. The summed E-state index contributed by atoms with van der Waals surface area (Å²) in [5, 5.41) is 2.86. The fourth-order valence-electron chi connectivity index (χ4n) is 3.73. The van der Waals surface area contributed by atoms with Gasteiger partial charge in [-0.1, -0.05) is 38.1 Å². The van der Waals surface area contributed by atoms with Gasteiger partial charge in [0.15, 0.2) is 0 Å². The molecule has 5 heteroatoms. The van der Waals surface area contributed by atoms with Crippen molar-refractivity contribution in [3.63, 3.8) is 0 Å². The maximum Gasteiger partial charge on any atom is 0.216 e. The molecule has 160 valence electrons. The van der Waals surface area contributed by atoms with Gasteiger partial charge in [0.1, 0.15) is 11.6 Å². The molecular formula is C25H33N3O2. The minimum atomic E-state index is 0.0116. The molecule has 1 N–H and O–H groups in total. The highest BCUT2D eigenvalue weighted by Gasteiger charge is 2.11. The van der Waals surface area contributed by atoms with Crippen LogP contribution >= 0.6 is 0 Å². The monoisotopic (exact) mass is 407 g/mol. The number of benzene rings is 2. The van der Waals surface area contributed by atoms with Gasteiger partial charge in [-0.25, -0.2) is 4.98 Å². The lowest BCUT2D eigenvalue weighted by Gasteiger charge is -2.15. The SMILES string of the molecule is CC(=O)NCCCc1nc2ccccc2n1CCCOc1cc(C)ccc1C(C)C. The van der Waals surface area contributed by atoms with Crippen molar-refractivity contribution >= 4 is 16.9 Å². The smallest absolute Gasteiger partial charge is 0.216 e. The van der Waals surface area contributed by atoms with Crippen LogP contribution in [0.15, 0.2) is 42.5 Å². The molecule has 1 aromatic heterocycles. The Morgan fingerprint density at radius 1 is 1.17 bits per heavy atom. The van der Waals surface area contributed by atoms with Crippen molar-refractivity contribution in [1.29, 1.82) is 0 Å². The number of nitrogens with one attached hydrogen (secondary N) is 1. The van der Waals surface area contributed by atoms with Crippen LogP contribution in [0.1, 0.15) is 56.5 Å². The number of carbonyl (C=O) groups is 1. The van der Waals surface area contributed by atoms with Crippen molar-refractivity contribution in [3.05, 3.63) is 59.4 Å². The summed E-state index contributed by atoms with van der Waals surface area (Å²) >= 11 is 0. The van der Waals surface area contributed by atoms with Crippen LogP contribution < -0.4 is 10.1 Å². The summed E-state index contributed by atoms with van der Waals surface area (Å²) in [5.74, 6) is 2.52. The lowest BCUT2D eigenvalue weighted by molar-refractivity contribution is -0.118. The Labute approximate surface area is 179 Å². The van der Waals surface area contributed by atoms with Gasteiger partial charge >= 0.3 is 0 Å². The third kappa shape index (κ3) is 5.62. The van der Waals surface area contributed by atoms with E-state index in [0.29, 0.717) is 19.1 Å². The minimum Gasteiger partial charge on any atom is -0.493 e. The van der Waals surface area contributed by atoms with Gasteiger partial charge in [0, 0.05) is 26.4 Å². The van der Waals surface area contributed by atoms with Crippen LogP contribution in [0.4, 0.5) is 0 Å². The first kappa shape index (κ1) is 21.9. The Bertz CT molecular complexity index is 991. The van der Waals surface area contributed by atoms with E-state index in [1.54, 1.807) is 6.92 Å². The zero-order valence-corrected chi connectivity index (χ0v) is 18.6. The Kier molecular flexibility index (Phi) is 7.50. The van der Waals surface area contributed by atoms with E-state index in [2.05, 4.69) is 67.1 Å². The second-order valence-corrected chi connectivity index (χ2v) is 8.15. The fourth-order valence-corrected chi connectivity index (χ4v) is 3.73. The summed E-state index contributed by atoms with van der Waals surface area (Å²) in [5.41, 5.74) is 4.66. The maximum atomic E-state index is 11.1. The number of hydrogen-bond acceptors (Lipinski definition) is 3. The number of imidazole rings is 1. The molecular weight excluding hydrogens is 374 g/mol. The fraction of sp³-hybridized carbons (Fsp3) is 0.440. The molecule has 5 nitrogen and oxygen atoms in total. The van der Waals surface area contributed by atoms with Gasteiger partial charge in [0.05, 0.1) is 17.6 Å². The second-order valence-electron chi connectivity index (χ2n) is 8.15. The third-order valence-electron chi connectivity index (χ3n) is 5.26. The highest BCUT2D eigenvalue weighted by Crippen LogP contribution is 2.27. The van der Waals surface area contributed by atoms with Crippen LogP contribution in [0.5, 0.6) is 5.75 Å². The number of ether oxygens (including phenoxy) is 1. The number of nitrogens with zero attached hydrogens (tertiary/aromatic N) is 2. The Morgan fingerprint density at radius 2 is 1.97 bits per heavy atom. The number of carbonyl (C=O) groups excluding carboxylic acids is 1. The molecule has 30 heavy (non-hydrogen) atoms. The average Bonchev–Trinajstić information content (AvgIpc) is 3.05. The zero-order chi connectivity index (χ0) is 21.5. The van der Waals surface area contributed by atoms with Crippen molar-refractivity contribution in [2.24, 2.45) is 0 Å². The van der Waals surface area contributed by atoms with Crippen molar-refractivity contribution in [3.8, 4) is 5.75 Å². The summed E-state index contributed by atoms with van der Waals surface area (Å²) in [4.78, 5) is 15.9. The molecule has 3 rings (SSSR count). The van der Waals surface area contributed by atoms with Gasteiger partial charge in [-0.2, -0.15) is 0 Å². The molecule has 0 aliphatic heterocycles. The molecule has 0 unspecified atom stereocenters. The van der Waals surface area contributed by atoms with E-state index in [9.17, 15) is 4.79 Å². The van der Waals surface area contributed by atoms with Crippen LogP contribution in [0.3, 0.4) is 0 Å². The number of aromatic nitrogens is 2. The molecule has 3 aromatic rings. The molecule has 1 heterocycles. The van der Waals surface area contributed by atoms with E-state index in [4.69, 9.17) is 9.72 Å². The van der Waals surface area contributed by atoms with E-state index in [1.807, 2.05) is 6.07 Å². The lowest BCUT2D eigenvalue weighted by atomic mass is 10.0. The average molecular weight is 408 g/mol. The van der Waals surface area contributed by atoms with Crippen molar-refractivity contribution in [2.75, 3.05) is 13.2 Å². The van der Waals surface area contributed by atoms with Gasteiger partial charge in [-0.3, -0.25) is 4.79 Å². The van der Waals surface area contributed by atoms with Crippen molar-refractivity contribution in [1.82, 2.24) is 14.9 Å². The Hall–Kier alpha value is -2.82. The second kappa shape index (κ2) is 10.3. The van der Waals surface area contributed by atoms with Crippen molar-refractivity contribution in [2.45, 2.75) is 59.4 Å².